The van der Waals surface area contributed by atoms with Gasteiger partial charge in [0.2, 0.25) is 0 Å². The minimum Gasteiger partial charge on any atom is -0.497 e. The number of fused-ring (bicyclic) bond motifs is 1. The highest BCUT2D eigenvalue weighted by Gasteiger charge is 2.47. The van der Waals surface area contributed by atoms with Crippen molar-refractivity contribution in [3.8, 4) is 5.75 Å². The van der Waals surface area contributed by atoms with E-state index in [1.165, 1.54) is 16.7 Å². The van der Waals surface area contributed by atoms with Crippen LogP contribution in [-0.2, 0) is 10.2 Å². The molecule has 0 unspecified atom stereocenters. The van der Waals surface area contributed by atoms with Gasteiger partial charge >= 0.3 is 0 Å². The second-order valence-corrected chi connectivity index (χ2v) is 9.48. The molecule has 3 aromatic carbocycles. The molecular weight excluding hydrogens is 394 g/mol. The zero-order valence-electron chi connectivity index (χ0n) is 19.6. The van der Waals surface area contributed by atoms with Crippen LogP contribution in [0.4, 0.5) is 5.69 Å². The predicted octanol–water partition coefficient (Wildman–Crippen LogP) is 6.54. The van der Waals surface area contributed by atoms with E-state index in [0.29, 0.717) is 0 Å². The zero-order chi connectivity index (χ0) is 22.9. The van der Waals surface area contributed by atoms with Crippen molar-refractivity contribution in [2.45, 2.75) is 45.1 Å². The fourth-order valence-electron chi connectivity index (χ4n) is 5.05. The summed E-state index contributed by atoms with van der Waals surface area (Å²) in [5.74, 6) is 0.846. The molecule has 0 spiro atoms. The van der Waals surface area contributed by atoms with Gasteiger partial charge in [-0.15, -0.1) is 0 Å². The maximum atomic E-state index is 13.5. The van der Waals surface area contributed by atoms with Crippen molar-refractivity contribution >= 4 is 17.7 Å². The van der Waals surface area contributed by atoms with Crippen LogP contribution in [0, 0.1) is 6.92 Å². The standard InChI is InChI=1S/C29H31NO2/c1-21-10-12-22(13-11-21)14-19-27(31)30-26-9-7-6-8-25(26)29(4,20-28(30,2)3)23-15-17-24(32-5)18-16-23/h6-19H,20H2,1-5H3/b19-14-/t29-/m0/s1. The number of aryl methyl sites for hydroxylation is 1. The lowest BCUT2D eigenvalue weighted by atomic mass is 9.65. The molecule has 1 amide bonds. The SMILES string of the molecule is COc1ccc([C@]2(C)CC(C)(C)N(C(=O)/C=C\c3ccc(C)cc3)c3ccccc32)cc1. The molecule has 1 heterocycles. The largest absolute Gasteiger partial charge is 0.497 e. The highest BCUT2D eigenvalue weighted by Crippen LogP contribution is 2.50. The lowest BCUT2D eigenvalue weighted by Crippen LogP contribution is -2.55. The van der Waals surface area contributed by atoms with E-state index in [0.717, 1.165) is 23.4 Å². The monoisotopic (exact) mass is 425 g/mol. The molecule has 32 heavy (non-hydrogen) atoms. The van der Waals surface area contributed by atoms with E-state index in [1.54, 1.807) is 13.2 Å². The van der Waals surface area contributed by atoms with E-state index >= 15 is 0 Å². The molecule has 3 heteroatoms. The molecule has 3 nitrogen and oxygen atoms in total. The van der Waals surface area contributed by atoms with Gasteiger partial charge in [-0.3, -0.25) is 4.79 Å². The summed E-state index contributed by atoms with van der Waals surface area (Å²) in [6.07, 6.45) is 4.41. The molecule has 1 aliphatic rings. The first kappa shape index (κ1) is 21.9. The number of carbonyl (C=O) groups excluding carboxylic acids is 1. The van der Waals surface area contributed by atoms with Crippen LogP contribution in [0.3, 0.4) is 0 Å². The summed E-state index contributed by atoms with van der Waals surface area (Å²) in [6.45, 7) is 8.65. The van der Waals surface area contributed by atoms with Gasteiger partial charge in [-0.2, -0.15) is 0 Å². The molecule has 0 N–H and O–H groups in total. The van der Waals surface area contributed by atoms with E-state index in [2.05, 4.69) is 70.2 Å². The molecule has 3 aromatic rings. The van der Waals surface area contributed by atoms with Crippen LogP contribution in [0.25, 0.3) is 6.08 Å². The Morgan fingerprint density at radius 1 is 0.938 bits per heavy atom. The Morgan fingerprint density at radius 3 is 2.25 bits per heavy atom. The number of benzene rings is 3. The summed E-state index contributed by atoms with van der Waals surface area (Å²) in [5.41, 5.74) is 5.01. The van der Waals surface area contributed by atoms with E-state index in [4.69, 9.17) is 4.74 Å². The molecule has 0 aromatic heterocycles. The van der Waals surface area contributed by atoms with Gasteiger partial charge in [-0.1, -0.05) is 67.1 Å². The molecule has 164 valence electrons. The van der Waals surface area contributed by atoms with Gasteiger partial charge in [0, 0.05) is 22.7 Å². The number of nitrogens with zero attached hydrogens (tertiary/aromatic N) is 1. The molecule has 4 rings (SSSR count). The highest BCUT2D eigenvalue weighted by molar-refractivity contribution is 6.06. The van der Waals surface area contributed by atoms with Gasteiger partial charge in [0.1, 0.15) is 5.75 Å². The van der Waals surface area contributed by atoms with Crippen molar-refractivity contribution in [1.29, 1.82) is 0 Å². The quantitative estimate of drug-likeness (QED) is 0.444. The fraction of sp³-hybridized carbons (Fsp3) is 0.276. The third-order valence-electron chi connectivity index (χ3n) is 6.57. The molecule has 0 saturated carbocycles. The maximum Gasteiger partial charge on any atom is 0.251 e. The number of hydrogen-bond acceptors (Lipinski definition) is 2. The second-order valence-electron chi connectivity index (χ2n) is 9.48. The van der Waals surface area contributed by atoms with E-state index < -0.39 is 0 Å². The van der Waals surface area contributed by atoms with Gasteiger partial charge in [-0.05, 0) is 68.2 Å². The number of carbonyl (C=O) groups is 1. The molecular formula is C29H31NO2. The average Bonchev–Trinajstić information content (AvgIpc) is 2.78. The Labute approximate surface area is 191 Å². The van der Waals surface area contributed by atoms with Crippen LogP contribution in [0.15, 0.2) is 78.9 Å². The summed E-state index contributed by atoms with van der Waals surface area (Å²) in [7, 11) is 1.68. The van der Waals surface area contributed by atoms with Gasteiger partial charge in [-0.25, -0.2) is 0 Å². The minimum absolute atomic E-state index is 0.000180. The topological polar surface area (TPSA) is 29.5 Å². The number of rotatable bonds is 4. The number of hydrogen-bond donors (Lipinski definition) is 0. The van der Waals surface area contributed by atoms with E-state index in [1.807, 2.05) is 41.3 Å². The number of anilines is 1. The van der Waals surface area contributed by atoms with Crippen LogP contribution in [0.1, 0.15) is 49.4 Å². The smallest absolute Gasteiger partial charge is 0.251 e. The molecule has 0 fully saturated rings. The first-order valence-electron chi connectivity index (χ1n) is 11.1. The summed E-state index contributed by atoms with van der Waals surface area (Å²) in [5, 5.41) is 0. The molecule has 1 atom stereocenters. The van der Waals surface area contributed by atoms with Crippen LogP contribution < -0.4 is 9.64 Å². The number of para-hydroxylation sites is 1. The van der Waals surface area contributed by atoms with Crippen molar-refractivity contribution in [2.24, 2.45) is 0 Å². The van der Waals surface area contributed by atoms with Crippen molar-refractivity contribution in [2.75, 3.05) is 12.0 Å². The number of methoxy groups -OCH3 is 1. The molecule has 1 aliphatic heterocycles. The maximum absolute atomic E-state index is 13.5. The lowest BCUT2D eigenvalue weighted by molar-refractivity contribution is -0.115. The Bertz CT molecular complexity index is 1140. The van der Waals surface area contributed by atoms with Crippen molar-refractivity contribution in [3.63, 3.8) is 0 Å². The lowest BCUT2D eigenvalue weighted by Gasteiger charge is -2.51. The van der Waals surface area contributed by atoms with Crippen LogP contribution in [0.2, 0.25) is 0 Å². The highest BCUT2D eigenvalue weighted by atomic mass is 16.5. The van der Waals surface area contributed by atoms with Crippen molar-refractivity contribution in [3.05, 3.63) is 101 Å². The normalized spacial score (nSPS) is 19.6. The third kappa shape index (κ3) is 3.95. The average molecular weight is 426 g/mol. The van der Waals surface area contributed by atoms with Gasteiger partial charge < -0.3 is 9.64 Å². The van der Waals surface area contributed by atoms with Crippen LogP contribution in [-0.4, -0.2) is 18.6 Å². The number of amides is 1. The van der Waals surface area contributed by atoms with E-state index in [9.17, 15) is 4.79 Å². The third-order valence-corrected chi connectivity index (χ3v) is 6.57. The second kappa shape index (κ2) is 8.31. The predicted molar refractivity (Wildman–Crippen MR) is 132 cm³/mol. The Kier molecular flexibility index (Phi) is 5.68. The Hall–Kier alpha value is -3.33. The Balaban J connectivity index is 1.74. The first-order chi connectivity index (χ1) is 15.2. The fourth-order valence-corrected chi connectivity index (χ4v) is 5.05. The van der Waals surface area contributed by atoms with Crippen molar-refractivity contribution in [1.82, 2.24) is 0 Å². The van der Waals surface area contributed by atoms with Crippen LogP contribution >= 0.6 is 0 Å². The summed E-state index contributed by atoms with van der Waals surface area (Å²) in [6, 6.07) is 24.8. The summed E-state index contributed by atoms with van der Waals surface area (Å²) in [4.78, 5) is 15.4. The minimum atomic E-state index is -0.363. The van der Waals surface area contributed by atoms with Gasteiger partial charge in [0.05, 0.1) is 7.11 Å². The summed E-state index contributed by atoms with van der Waals surface area (Å²) >= 11 is 0. The zero-order valence-corrected chi connectivity index (χ0v) is 19.6. The Morgan fingerprint density at radius 2 is 1.59 bits per heavy atom. The molecule has 0 saturated heterocycles. The molecule has 0 bridgehead atoms. The molecule has 0 radical (unpaired) electrons. The van der Waals surface area contributed by atoms with Gasteiger partial charge in [0.25, 0.3) is 5.91 Å². The van der Waals surface area contributed by atoms with Gasteiger partial charge in [0.15, 0.2) is 0 Å². The first-order valence-corrected chi connectivity index (χ1v) is 11.1. The van der Waals surface area contributed by atoms with E-state index in [-0.39, 0.29) is 16.9 Å². The molecule has 0 aliphatic carbocycles. The number of ether oxygens (including phenoxy) is 1. The van der Waals surface area contributed by atoms with Crippen LogP contribution in [0.5, 0.6) is 5.75 Å². The summed E-state index contributed by atoms with van der Waals surface area (Å²) < 4.78 is 5.36. The van der Waals surface area contributed by atoms with Crippen molar-refractivity contribution < 1.29 is 9.53 Å².